The lowest BCUT2D eigenvalue weighted by molar-refractivity contribution is -0.174. The standard InChI is InChI=1S/C5H7BrO3.C5H9BrO2/c6-1-5(4(7)8)2-9-3-5;6-1-5(2-7)3-8-4-5/h1-3H2,(H,7,8);7H,1-4H2. The van der Waals surface area contributed by atoms with Crippen molar-refractivity contribution in [1.82, 2.24) is 0 Å². The van der Waals surface area contributed by atoms with Crippen LogP contribution in [0, 0.1) is 10.8 Å². The quantitative estimate of drug-likeness (QED) is 0.713. The number of carbonyl (C=O) groups is 1. The lowest BCUT2D eigenvalue weighted by Crippen LogP contribution is -2.50. The molecule has 7 heteroatoms. The summed E-state index contributed by atoms with van der Waals surface area (Å²) in [5.74, 6) is -0.773. The number of hydrogen-bond donors (Lipinski definition) is 2. The zero-order valence-corrected chi connectivity index (χ0v) is 12.5. The molecule has 2 rings (SSSR count). The summed E-state index contributed by atoms with van der Waals surface area (Å²) < 4.78 is 9.71. The predicted molar refractivity (Wildman–Crippen MR) is 68.8 cm³/mol. The van der Waals surface area contributed by atoms with Crippen LogP contribution in [0.3, 0.4) is 0 Å². The maximum atomic E-state index is 10.4. The van der Waals surface area contributed by atoms with Gasteiger partial charge in [-0.3, -0.25) is 4.79 Å². The number of aliphatic hydroxyl groups excluding tert-OH is 1. The van der Waals surface area contributed by atoms with Gasteiger partial charge < -0.3 is 19.7 Å². The summed E-state index contributed by atoms with van der Waals surface area (Å²) in [5.41, 5.74) is -0.569. The molecule has 2 heterocycles. The van der Waals surface area contributed by atoms with E-state index in [1.807, 2.05) is 0 Å². The van der Waals surface area contributed by atoms with Crippen LogP contribution in [0.1, 0.15) is 0 Å². The SMILES string of the molecule is O=C(O)C1(CBr)COC1.OCC1(CBr)COC1. The molecule has 2 aliphatic rings. The van der Waals surface area contributed by atoms with E-state index in [4.69, 9.17) is 19.7 Å². The summed E-state index contributed by atoms with van der Waals surface area (Å²) in [6.07, 6.45) is 0. The van der Waals surface area contributed by atoms with Crippen molar-refractivity contribution in [1.29, 1.82) is 0 Å². The summed E-state index contributed by atoms with van der Waals surface area (Å²) in [5, 5.41) is 18.6. The third-order valence-corrected chi connectivity index (χ3v) is 5.16. The minimum Gasteiger partial charge on any atom is -0.481 e. The van der Waals surface area contributed by atoms with E-state index in [0.717, 1.165) is 5.33 Å². The molecular formula is C10H16Br2O5. The maximum Gasteiger partial charge on any atom is 0.315 e. The van der Waals surface area contributed by atoms with Gasteiger partial charge in [0.25, 0.3) is 0 Å². The molecule has 2 fully saturated rings. The van der Waals surface area contributed by atoms with Crippen molar-refractivity contribution >= 4 is 37.8 Å². The van der Waals surface area contributed by atoms with Gasteiger partial charge in [0, 0.05) is 16.1 Å². The molecule has 0 bridgehead atoms. The summed E-state index contributed by atoms with van der Waals surface area (Å²) in [4.78, 5) is 10.4. The summed E-state index contributed by atoms with van der Waals surface area (Å²) in [6.45, 7) is 2.32. The molecule has 0 amide bonds. The van der Waals surface area contributed by atoms with Crippen molar-refractivity contribution in [3.63, 3.8) is 0 Å². The monoisotopic (exact) mass is 374 g/mol. The molecule has 0 aromatic heterocycles. The first kappa shape index (κ1) is 15.4. The molecule has 17 heavy (non-hydrogen) atoms. The maximum absolute atomic E-state index is 10.4. The first-order chi connectivity index (χ1) is 8.04. The van der Waals surface area contributed by atoms with Gasteiger partial charge >= 0.3 is 5.97 Å². The molecular weight excluding hydrogens is 360 g/mol. The molecule has 2 aliphatic heterocycles. The average molecular weight is 376 g/mol. The molecule has 0 aliphatic carbocycles. The van der Waals surface area contributed by atoms with E-state index in [0.29, 0.717) is 31.8 Å². The number of aliphatic hydroxyl groups is 1. The molecule has 0 atom stereocenters. The van der Waals surface area contributed by atoms with Crippen LogP contribution in [0.25, 0.3) is 0 Å². The van der Waals surface area contributed by atoms with Crippen LogP contribution in [0.4, 0.5) is 0 Å². The summed E-state index contributed by atoms with van der Waals surface area (Å²) >= 11 is 6.43. The fourth-order valence-corrected chi connectivity index (χ4v) is 2.27. The van der Waals surface area contributed by atoms with Crippen molar-refractivity contribution < 1.29 is 24.5 Å². The lowest BCUT2D eigenvalue weighted by Gasteiger charge is -2.38. The van der Waals surface area contributed by atoms with Crippen LogP contribution in [-0.2, 0) is 14.3 Å². The first-order valence-electron chi connectivity index (χ1n) is 5.16. The normalized spacial score (nSPS) is 23.7. The van der Waals surface area contributed by atoms with Gasteiger partial charge in [0.1, 0.15) is 5.41 Å². The van der Waals surface area contributed by atoms with Crippen LogP contribution >= 0.6 is 31.9 Å². The highest BCUT2D eigenvalue weighted by Crippen LogP contribution is 2.29. The topological polar surface area (TPSA) is 76.0 Å². The molecule has 5 nitrogen and oxygen atoms in total. The van der Waals surface area contributed by atoms with Gasteiger partial charge in [-0.2, -0.15) is 0 Å². The van der Waals surface area contributed by atoms with E-state index in [-0.39, 0.29) is 12.0 Å². The zero-order chi connectivity index (χ0) is 12.9. The Morgan fingerprint density at radius 1 is 1.12 bits per heavy atom. The molecule has 0 aromatic rings. The Kier molecular flexibility index (Phi) is 5.85. The van der Waals surface area contributed by atoms with Crippen molar-refractivity contribution in [2.75, 3.05) is 43.7 Å². The Labute approximate surface area is 117 Å². The van der Waals surface area contributed by atoms with E-state index in [1.165, 1.54) is 0 Å². The number of aliphatic carboxylic acids is 1. The number of rotatable bonds is 4. The lowest BCUT2D eigenvalue weighted by atomic mass is 9.89. The first-order valence-corrected chi connectivity index (χ1v) is 7.40. The van der Waals surface area contributed by atoms with E-state index >= 15 is 0 Å². The Hall–Kier alpha value is 0.310. The van der Waals surface area contributed by atoms with Crippen LogP contribution in [0.15, 0.2) is 0 Å². The van der Waals surface area contributed by atoms with Crippen molar-refractivity contribution in [3.05, 3.63) is 0 Å². The van der Waals surface area contributed by atoms with Crippen molar-refractivity contribution in [3.8, 4) is 0 Å². The van der Waals surface area contributed by atoms with Crippen LogP contribution in [-0.4, -0.2) is 59.9 Å². The van der Waals surface area contributed by atoms with Crippen molar-refractivity contribution in [2.24, 2.45) is 10.8 Å². The second kappa shape index (κ2) is 6.47. The number of alkyl halides is 2. The van der Waals surface area contributed by atoms with Gasteiger partial charge in [0.2, 0.25) is 0 Å². The molecule has 0 spiro atoms. The number of carboxylic acid groups (broad SMARTS) is 1. The Morgan fingerprint density at radius 3 is 1.65 bits per heavy atom. The highest BCUT2D eigenvalue weighted by atomic mass is 79.9. The summed E-state index contributed by atoms with van der Waals surface area (Å²) in [7, 11) is 0. The van der Waals surface area contributed by atoms with Crippen LogP contribution < -0.4 is 0 Å². The smallest absolute Gasteiger partial charge is 0.315 e. The van der Waals surface area contributed by atoms with Gasteiger partial charge in [0.05, 0.1) is 33.0 Å². The molecule has 2 saturated heterocycles. The zero-order valence-electron chi connectivity index (χ0n) is 9.32. The predicted octanol–water partition coefficient (Wildman–Crippen LogP) is 0.873. The number of ether oxygens (including phenoxy) is 2. The number of hydrogen-bond acceptors (Lipinski definition) is 4. The average Bonchev–Trinajstić information content (AvgIpc) is 2.17. The third-order valence-electron chi connectivity index (χ3n) is 2.90. The summed E-state index contributed by atoms with van der Waals surface area (Å²) in [6, 6.07) is 0. The molecule has 0 aromatic carbocycles. The minimum absolute atomic E-state index is 0.0556. The largest absolute Gasteiger partial charge is 0.481 e. The van der Waals surface area contributed by atoms with Crippen LogP contribution in [0.5, 0.6) is 0 Å². The third kappa shape index (κ3) is 3.41. The molecule has 0 unspecified atom stereocenters. The minimum atomic E-state index is -0.773. The Bertz CT molecular complexity index is 244. The second-order valence-electron chi connectivity index (χ2n) is 4.50. The molecule has 100 valence electrons. The van der Waals surface area contributed by atoms with Gasteiger partial charge in [-0.05, 0) is 0 Å². The second-order valence-corrected chi connectivity index (χ2v) is 5.62. The van der Waals surface area contributed by atoms with E-state index in [2.05, 4.69) is 31.9 Å². The fourth-order valence-electron chi connectivity index (χ4n) is 1.21. The Morgan fingerprint density at radius 2 is 1.65 bits per heavy atom. The molecule has 2 N–H and O–H groups in total. The highest BCUT2D eigenvalue weighted by Gasteiger charge is 2.45. The van der Waals surface area contributed by atoms with Crippen molar-refractivity contribution in [2.45, 2.75) is 0 Å². The number of halogens is 2. The van der Waals surface area contributed by atoms with Gasteiger partial charge in [-0.1, -0.05) is 31.9 Å². The Balaban J connectivity index is 0.000000171. The highest BCUT2D eigenvalue weighted by molar-refractivity contribution is 9.09. The molecule has 0 saturated carbocycles. The van der Waals surface area contributed by atoms with Gasteiger partial charge in [-0.25, -0.2) is 0 Å². The van der Waals surface area contributed by atoms with E-state index in [1.54, 1.807) is 0 Å². The van der Waals surface area contributed by atoms with E-state index < -0.39 is 11.4 Å². The number of carboxylic acids is 1. The van der Waals surface area contributed by atoms with Gasteiger partial charge in [0.15, 0.2) is 0 Å². The van der Waals surface area contributed by atoms with Gasteiger partial charge in [-0.15, -0.1) is 0 Å². The van der Waals surface area contributed by atoms with Crippen LogP contribution in [0.2, 0.25) is 0 Å². The van der Waals surface area contributed by atoms with E-state index in [9.17, 15) is 4.79 Å². The molecule has 0 radical (unpaired) electrons. The fraction of sp³-hybridized carbons (Fsp3) is 0.900.